The first-order valence-corrected chi connectivity index (χ1v) is 6.15. The number of esters is 1. The van der Waals surface area contributed by atoms with Crippen molar-refractivity contribution in [3.63, 3.8) is 0 Å². The van der Waals surface area contributed by atoms with Crippen molar-refractivity contribution < 1.29 is 9.53 Å². The molecule has 20 heavy (non-hydrogen) atoms. The highest BCUT2D eigenvalue weighted by atomic mass is 16.6. The number of hydrogen-bond donors (Lipinski definition) is 0. The molecule has 2 aromatic heterocycles. The molecule has 3 rings (SSSR count). The lowest BCUT2D eigenvalue weighted by Crippen LogP contribution is -2.26. The number of pyridine rings is 1. The molecule has 3 heterocycles. The summed E-state index contributed by atoms with van der Waals surface area (Å²) in [5.74, 6) is -0.174. The quantitative estimate of drug-likeness (QED) is 0.740. The molecule has 1 aliphatic heterocycles. The summed E-state index contributed by atoms with van der Waals surface area (Å²) in [6.45, 7) is 3.56. The maximum atomic E-state index is 12.4. The summed E-state index contributed by atoms with van der Waals surface area (Å²) in [4.78, 5) is 35.9. The second-order valence-corrected chi connectivity index (χ2v) is 4.62. The van der Waals surface area contributed by atoms with E-state index in [0.29, 0.717) is 11.0 Å². The monoisotopic (exact) mass is 272 g/mol. The standard InChI is InChI=1S/C13H12N4O3/c1-7-3-4-14-11-10(7)12(18)17(6-15-11)5-9-16-8(2)13(19)20-9/h3-4,6,8H,5H2,1-2H3. The second kappa shape index (κ2) is 4.52. The third-order valence-corrected chi connectivity index (χ3v) is 3.14. The molecule has 7 nitrogen and oxygen atoms in total. The number of carbonyl (C=O) groups is 1. The van der Waals surface area contributed by atoms with Gasteiger partial charge in [-0.25, -0.2) is 19.8 Å². The molecule has 0 fully saturated rings. The number of aromatic nitrogens is 3. The molecular weight excluding hydrogens is 260 g/mol. The predicted octanol–water partition coefficient (Wildman–Crippen LogP) is 0.444. The summed E-state index contributed by atoms with van der Waals surface area (Å²) in [6, 6.07) is 1.24. The fourth-order valence-electron chi connectivity index (χ4n) is 2.05. The van der Waals surface area contributed by atoms with Gasteiger partial charge in [0.2, 0.25) is 5.90 Å². The number of carbonyl (C=O) groups excluding carboxylic acids is 1. The zero-order chi connectivity index (χ0) is 14.3. The molecule has 1 aliphatic rings. The van der Waals surface area contributed by atoms with Gasteiger partial charge in [-0.2, -0.15) is 0 Å². The van der Waals surface area contributed by atoms with E-state index in [9.17, 15) is 9.59 Å². The number of rotatable bonds is 2. The van der Waals surface area contributed by atoms with E-state index in [1.807, 2.05) is 6.92 Å². The molecule has 7 heteroatoms. The minimum atomic E-state index is -0.516. The van der Waals surface area contributed by atoms with E-state index in [2.05, 4.69) is 15.0 Å². The Bertz CT molecular complexity index is 794. The summed E-state index contributed by atoms with van der Waals surface area (Å²) in [5.41, 5.74) is 0.990. The molecule has 0 spiro atoms. The first-order chi connectivity index (χ1) is 9.56. The van der Waals surface area contributed by atoms with Crippen molar-refractivity contribution >= 4 is 22.9 Å². The number of nitrogens with zero attached hydrogens (tertiary/aromatic N) is 4. The molecular formula is C13H12N4O3. The van der Waals surface area contributed by atoms with E-state index in [-0.39, 0.29) is 18.0 Å². The zero-order valence-corrected chi connectivity index (χ0v) is 11.0. The number of cyclic esters (lactones) is 1. The highest BCUT2D eigenvalue weighted by Gasteiger charge is 2.25. The number of aliphatic imine (C=N–C) groups is 1. The van der Waals surface area contributed by atoms with Gasteiger partial charge >= 0.3 is 5.97 Å². The lowest BCUT2D eigenvalue weighted by molar-refractivity contribution is -0.134. The van der Waals surface area contributed by atoms with Crippen molar-refractivity contribution in [1.29, 1.82) is 0 Å². The molecule has 1 unspecified atom stereocenters. The lowest BCUT2D eigenvalue weighted by atomic mass is 10.2. The van der Waals surface area contributed by atoms with Gasteiger partial charge in [-0.1, -0.05) is 0 Å². The Morgan fingerprint density at radius 3 is 2.85 bits per heavy atom. The van der Waals surface area contributed by atoms with Crippen LogP contribution in [0.25, 0.3) is 11.0 Å². The minimum absolute atomic E-state index is 0.0895. The van der Waals surface area contributed by atoms with Crippen LogP contribution >= 0.6 is 0 Å². The predicted molar refractivity (Wildman–Crippen MR) is 71.5 cm³/mol. The highest BCUT2D eigenvalue weighted by molar-refractivity contribution is 5.96. The summed E-state index contributed by atoms with van der Waals surface area (Å²) in [5, 5.41) is 0.466. The molecule has 0 amide bonds. The highest BCUT2D eigenvalue weighted by Crippen LogP contribution is 2.10. The largest absolute Gasteiger partial charge is 0.408 e. The normalized spacial score (nSPS) is 18.2. The third kappa shape index (κ3) is 1.97. The Hall–Kier alpha value is -2.57. The van der Waals surface area contributed by atoms with Crippen LogP contribution in [-0.4, -0.2) is 32.4 Å². The molecule has 0 radical (unpaired) electrons. The smallest absolute Gasteiger partial charge is 0.337 e. The minimum Gasteiger partial charge on any atom is -0.408 e. The van der Waals surface area contributed by atoms with Crippen molar-refractivity contribution in [2.45, 2.75) is 26.4 Å². The molecule has 0 aromatic carbocycles. The Morgan fingerprint density at radius 1 is 1.35 bits per heavy atom. The number of aryl methyl sites for hydroxylation is 1. The average Bonchev–Trinajstić information content (AvgIpc) is 2.72. The molecule has 0 saturated heterocycles. The fraction of sp³-hybridized carbons (Fsp3) is 0.308. The van der Waals surface area contributed by atoms with Gasteiger partial charge in [0.05, 0.1) is 5.39 Å². The Morgan fingerprint density at radius 2 is 2.15 bits per heavy atom. The van der Waals surface area contributed by atoms with E-state index in [0.717, 1.165) is 5.56 Å². The van der Waals surface area contributed by atoms with Crippen LogP contribution in [0.2, 0.25) is 0 Å². The lowest BCUT2D eigenvalue weighted by Gasteiger charge is -2.06. The molecule has 1 atom stereocenters. The van der Waals surface area contributed by atoms with Crippen LogP contribution in [0, 0.1) is 6.92 Å². The van der Waals surface area contributed by atoms with Gasteiger partial charge in [0, 0.05) is 6.20 Å². The van der Waals surface area contributed by atoms with Gasteiger partial charge in [-0.3, -0.25) is 9.36 Å². The van der Waals surface area contributed by atoms with E-state index in [1.165, 1.54) is 10.9 Å². The molecule has 0 aliphatic carbocycles. The number of ether oxygens (including phenoxy) is 1. The van der Waals surface area contributed by atoms with Crippen molar-refractivity contribution in [2.75, 3.05) is 0 Å². The van der Waals surface area contributed by atoms with Gasteiger partial charge in [0.25, 0.3) is 5.56 Å². The van der Waals surface area contributed by atoms with E-state index in [1.54, 1.807) is 19.2 Å². The van der Waals surface area contributed by atoms with E-state index in [4.69, 9.17) is 4.74 Å². The van der Waals surface area contributed by atoms with E-state index >= 15 is 0 Å². The molecule has 102 valence electrons. The van der Waals surface area contributed by atoms with Gasteiger partial charge in [0.1, 0.15) is 18.9 Å². The van der Waals surface area contributed by atoms with Crippen LogP contribution in [0.3, 0.4) is 0 Å². The van der Waals surface area contributed by atoms with Gasteiger partial charge in [-0.05, 0) is 25.5 Å². The van der Waals surface area contributed by atoms with Gasteiger partial charge in [-0.15, -0.1) is 0 Å². The van der Waals surface area contributed by atoms with Crippen LogP contribution in [-0.2, 0) is 16.1 Å². The van der Waals surface area contributed by atoms with Crippen LogP contribution in [0.4, 0.5) is 0 Å². The average molecular weight is 272 g/mol. The summed E-state index contributed by atoms with van der Waals surface area (Å²) in [6.07, 6.45) is 3.00. The molecule has 2 aromatic rings. The summed E-state index contributed by atoms with van der Waals surface area (Å²) >= 11 is 0. The topological polar surface area (TPSA) is 86.4 Å². The van der Waals surface area contributed by atoms with Crippen molar-refractivity contribution in [3.8, 4) is 0 Å². The van der Waals surface area contributed by atoms with Crippen LogP contribution in [0.1, 0.15) is 12.5 Å². The third-order valence-electron chi connectivity index (χ3n) is 3.14. The Balaban J connectivity index is 2.04. The van der Waals surface area contributed by atoms with Crippen molar-refractivity contribution in [1.82, 2.24) is 14.5 Å². The molecule has 0 saturated carbocycles. The summed E-state index contributed by atoms with van der Waals surface area (Å²) in [7, 11) is 0. The number of hydrogen-bond acceptors (Lipinski definition) is 6. The Kier molecular flexibility index (Phi) is 2.81. The summed E-state index contributed by atoms with van der Waals surface area (Å²) < 4.78 is 6.35. The van der Waals surface area contributed by atoms with Crippen LogP contribution in [0.15, 0.2) is 28.4 Å². The number of fused-ring (bicyclic) bond motifs is 1. The van der Waals surface area contributed by atoms with Gasteiger partial charge < -0.3 is 4.74 Å². The van der Waals surface area contributed by atoms with E-state index < -0.39 is 12.0 Å². The van der Waals surface area contributed by atoms with Crippen LogP contribution in [0.5, 0.6) is 0 Å². The van der Waals surface area contributed by atoms with Crippen LogP contribution < -0.4 is 5.56 Å². The molecule has 0 N–H and O–H groups in total. The first-order valence-electron chi connectivity index (χ1n) is 6.15. The van der Waals surface area contributed by atoms with Crippen molar-refractivity contribution in [2.24, 2.45) is 4.99 Å². The first kappa shape index (κ1) is 12.5. The fourth-order valence-corrected chi connectivity index (χ4v) is 2.05. The molecule has 0 bridgehead atoms. The zero-order valence-electron chi connectivity index (χ0n) is 11.0. The van der Waals surface area contributed by atoms with Gasteiger partial charge in [0.15, 0.2) is 5.65 Å². The maximum Gasteiger partial charge on any atom is 0.337 e. The second-order valence-electron chi connectivity index (χ2n) is 4.62. The SMILES string of the molecule is Cc1ccnc2ncn(CC3=NC(C)C(=O)O3)c(=O)c12. The van der Waals surface area contributed by atoms with Crippen molar-refractivity contribution in [3.05, 3.63) is 34.5 Å². The Labute approximate surface area is 113 Å². The maximum absolute atomic E-state index is 12.4.